The lowest BCUT2D eigenvalue weighted by Gasteiger charge is -2.07. The lowest BCUT2D eigenvalue weighted by Crippen LogP contribution is -2.13. The highest BCUT2D eigenvalue weighted by atomic mass is 16.4. The molecule has 0 aliphatic rings. The molecule has 17 heavy (non-hydrogen) atoms. The van der Waals surface area contributed by atoms with Gasteiger partial charge in [0.1, 0.15) is 0 Å². The average Bonchev–Trinajstić information content (AvgIpc) is 2.22. The van der Waals surface area contributed by atoms with Crippen molar-refractivity contribution in [3.63, 3.8) is 0 Å². The Balaban J connectivity index is 2.81. The van der Waals surface area contributed by atoms with Gasteiger partial charge >= 0.3 is 5.97 Å². The molecule has 90 valence electrons. The molecule has 0 saturated heterocycles. The van der Waals surface area contributed by atoms with Crippen LogP contribution in [-0.2, 0) is 9.59 Å². The van der Waals surface area contributed by atoms with E-state index in [4.69, 9.17) is 5.11 Å². The third-order valence-corrected chi connectivity index (χ3v) is 2.46. The van der Waals surface area contributed by atoms with Crippen molar-refractivity contribution >= 4 is 17.6 Å². The highest BCUT2D eigenvalue weighted by Gasteiger charge is 2.06. The minimum absolute atomic E-state index is 0.163. The van der Waals surface area contributed by atoms with E-state index < -0.39 is 11.9 Å². The van der Waals surface area contributed by atoms with Crippen molar-refractivity contribution < 1.29 is 14.7 Å². The Morgan fingerprint density at radius 2 is 1.88 bits per heavy atom. The number of anilines is 1. The van der Waals surface area contributed by atoms with Crippen LogP contribution < -0.4 is 5.32 Å². The van der Waals surface area contributed by atoms with Crippen LogP contribution in [0.2, 0.25) is 0 Å². The number of carboxylic acid groups (broad SMARTS) is 1. The van der Waals surface area contributed by atoms with Crippen LogP contribution in [-0.4, -0.2) is 17.0 Å². The Kier molecular flexibility index (Phi) is 4.04. The molecule has 0 aliphatic carbocycles. The number of aryl methyl sites for hydroxylation is 2. The molecule has 0 heterocycles. The summed E-state index contributed by atoms with van der Waals surface area (Å²) in [4.78, 5) is 22.0. The number of rotatable bonds is 3. The second-order valence-electron chi connectivity index (χ2n) is 3.92. The maximum absolute atomic E-state index is 11.6. The van der Waals surface area contributed by atoms with Crippen molar-refractivity contribution in [3.8, 4) is 0 Å². The van der Waals surface area contributed by atoms with Gasteiger partial charge in [0.15, 0.2) is 0 Å². The molecule has 1 aromatic rings. The monoisotopic (exact) mass is 233 g/mol. The van der Waals surface area contributed by atoms with Gasteiger partial charge < -0.3 is 10.4 Å². The number of hydrogen-bond acceptors (Lipinski definition) is 2. The van der Waals surface area contributed by atoms with Crippen LogP contribution in [0.25, 0.3) is 0 Å². The van der Waals surface area contributed by atoms with E-state index in [1.165, 1.54) is 6.92 Å². The van der Waals surface area contributed by atoms with Gasteiger partial charge in [-0.2, -0.15) is 0 Å². The van der Waals surface area contributed by atoms with Crippen molar-refractivity contribution in [2.45, 2.75) is 20.8 Å². The number of hydrogen-bond donors (Lipinski definition) is 2. The van der Waals surface area contributed by atoms with Crippen LogP contribution in [0.1, 0.15) is 18.1 Å². The highest BCUT2D eigenvalue weighted by molar-refractivity contribution is 6.06. The molecule has 1 rings (SSSR count). The molecule has 4 heteroatoms. The Morgan fingerprint density at radius 1 is 1.24 bits per heavy atom. The number of carbonyl (C=O) groups excluding carboxylic acids is 1. The van der Waals surface area contributed by atoms with Crippen molar-refractivity contribution in [1.29, 1.82) is 0 Å². The molecular formula is C13H15NO3. The maximum Gasteiger partial charge on any atom is 0.328 e. The van der Waals surface area contributed by atoms with Gasteiger partial charge in [-0.25, -0.2) is 4.79 Å². The summed E-state index contributed by atoms with van der Waals surface area (Å²) in [5, 5.41) is 11.2. The van der Waals surface area contributed by atoms with Crippen LogP contribution >= 0.6 is 0 Å². The number of aliphatic carboxylic acids is 1. The standard InChI is InChI=1S/C13H15NO3/c1-8-4-5-11(6-9(8)2)14-13(17)10(3)7-12(15)16/h4-7H,1-3H3,(H,14,17)(H,15,16)/b10-7-. The summed E-state index contributed by atoms with van der Waals surface area (Å²) in [6.45, 7) is 5.39. The minimum Gasteiger partial charge on any atom is -0.478 e. The van der Waals surface area contributed by atoms with E-state index >= 15 is 0 Å². The minimum atomic E-state index is -1.13. The van der Waals surface area contributed by atoms with Crippen LogP contribution in [0.15, 0.2) is 29.8 Å². The van der Waals surface area contributed by atoms with Gasteiger partial charge in [0, 0.05) is 17.3 Å². The van der Waals surface area contributed by atoms with Gasteiger partial charge in [-0.15, -0.1) is 0 Å². The number of nitrogens with one attached hydrogen (secondary N) is 1. The van der Waals surface area contributed by atoms with Crippen LogP contribution in [0.5, 0.6) is 0 Å². The molecule has 2 N–H and O–H groups in total. The van der Waals surface area contributed by atoms with Crippen molar-refractivity contribution in [2.75, 3.05) is 5.32 Å². The fourth-order valence-electron chi connectivity index (χ4n) is 1.30. The van der Waals surface area contributed by atoms with Crippen molar-refractivity contribution in [3.05, 3.63) is 41.0 Å². The van der Waals surface area contributed by atoms with E-state index in [1.807, 2.05) is 26.0 Å². The second kappa shape index (κ2) is 5.30. The van der Waals surface area contributed by atoms with E-state index in [0.717, 1.165) is 17.2 Å². The summed E-state index contributed by atoms with van der Waals surface area (Å²) in [6, 6.07) is 5.54. The summed E-state index contributed by atoms with van der Waals surface area (Å²) in [7, 11) is 0. The first kappa shape index (κ1) is 13.0. The molecule has 1 amide bonds. The molecule has 1 aromatic carbocycles. The molecule has 0 radical (unpaired) electrons. The molecule has 0 aliphatic heterocycles. The SMILES string of the molecule is C/C(=C/C(=O)O)C(=O)Nc1ccc(C)c(C)c1. The first-order valence-electron chi connectivity index (χ1n) is 5.20. The Morgan fingerprint density at radius 3 is 2.41 bits per heavy atom. The first-order chi connectivity index (χ1) is 7.90. The molecule has 0 spiro atoms. The van der Waals surface area contributed by atoms with Gasteiger partial charge in [0.2, 0.25) is 0 Å². The molecule has 0 fully saturated rings. The normalized spacial score (nSPS) is 11.1. The summed E-state index contributed by atoms with van der Waals surface area (Å²) < 4.78 is 0. The van der Waals surface area contributed by atoms with Gasteiger partial charge in [-0.1, -0.05) is 6.07 Å². The zero-order chi connectivity index (χ0) is 13.0. The first-order valence-corrected chi connectivity index (χ1v) is 5.20. The third-order valence-electron chi connectivity index (χ3n) is 2.46. The van der Waals surface area contributed by atoms with E-state index in [0.29, 0.717) is 5.69 Å². The average molecular weight is 233 g/mol. The summed E-state index contributed by atoms with van der Waals surface area (Å²) in [6.07, 6.45) is 0.885. The second-order valence-corrected chi connectivity index (χ2v) is 3.92. The predicted molar refractivity (Wildman–Crippen MR) is 65.9 cm³/mol. The highest BCUT2D eigenvalue weighted by Crippen LogP contribution is 2.14. The maximum atomic E-state index is 11.6. The van der Waals surface area contributed by atoms with Gasteiger partial charge in [0.05, 0.1) is 0 Å². The molecule has 0 unspecified atom stereocenters. The number of benzene rings is 1. The van der Waals surface area contributed by atoms with E-state index in [-0.39, 0.29) is 5.57 Å². The Hall–Kier alpha value is -2.10. The predicted octanol–water partition coefficient (Wildman–Crippen LogP) is 2.27. The lowest BCUT2D eigenvalue weighted by molar-refractivity contribution is -0.131. The van der Waals surface area contributed by atoms with Gasteiger partial charge in [-0.3, -0.25) is 4.79 Å². The Labute approximate surface area is 100.0 Å². The molecule has 0 saturated carbocycles. The molecule has 4 nitrogen and oxygen atoms in total. The van der Waals surface area contributed by atoms with Crippen LogP contribution in [0.3, 0.4) is 0 Å². The smallest absolute Gasteiger partial charge is 0.328 e. The van der Waals surface area contributed by atoms with Crippen molar-refractivity contribution in [2.24, 2.45) is 0 Å². The van der Waals surface area contributed by atoms with E-state index in [1.54, 1.807) is 6.07 Å². The number of amides is 1. The topological polar surface area (TPSA) is 66.4 Å². The summed E-state index contributed by atoms with van der Waals surface area (Å²) in [5.41, 5.74) is 3.04. The fraction of sp³-hybridized carbons (Fsp3) is 0.231. The molecule has 0 bridgehead atoms. The molecular weight excluding hydrogens is 218 g/mol. The van der Waals surface area contributed by atoms with E-state index in [2.05, 4.69) is 5.32 Å². The number of carboxylic acids is 1. The summed E-state index contributed by atoms with van der Waals surface area (Å²) >= 11 is 0. The fourth-order valence-corrected chi connectivity index (χ4v) is 1.30. The zero-order valence-corrected chi connectivity index (χ0v) is 10.1. The van der Waals surface area contributed by atoms with Crippen LogP contribution in [0.4, 0.5) is 5.69 Å². The van der Waals surface area contributed by atoms with Crippen molar-refractivity contribution in [1.82, 2.24) is 0 Å². The Bertz CT molecular complexity index is 489. The van der Waals surface area contributed by atoms with Gasteiger partial charge in [-0.05, 0) is 44.0 Å². The third kappa shape index (κ3) is 3.75. The quantitative estimate of drug-likeness (QED) is 0.787. The molecule has 0 aromatic heterocycles. The van der Waals surface area contributed by atoms with Crippen LogP contribution in [0, 0.1) is 13.8 Å². The summed E-state index contributed by atoms with van der Waals surface area (Å²) in [5.74, 6) is -1.53. The number of carbonyl (C=O) groups is 2. The lowest BCUT2D eigenvalue weighted by atomic mass is 10.1. The molecule has 0 atom stereocenters. The van der Waals surface area contributed by atoms with Gasteiger partial charge in [0.25, 0.3) is 5.91 Å². The van der Waals surface area contributed by atoms with E-state index in [9.17, 15) is 9.59 Å². The zero-order valence-electron chi connectivity index (χ0n) is 10.1. The largest absolute Gasteiger partial charge is 0.478 e.